The Labute approximate surface area is 219 Å². The molecular weight excluding hydrogens is 507 g/mol. The van der Waals surface area contributed by atoms with Gasteiger partial charge in [0.1, 0.15) is 13.2 Å². The van der Waals surface area contributed by atoms with Crippen molar-refractivity contribution in [3.8, 4) is 5.75 Å². The summed E-state index contributed by atoms with van der Waals surface area (Å²) in [6, 6.07) is 11.2. The van der Waals surface area contributed by atoms with Gasteiger partial charge in [0.25, 0.3) is 11.1 Å². The van der Waals surface area contributed by atoms with Gasteiger partial charge in [0.05, 0.1) is 15.0 Å². The number of carbonyl (C=O) groups is 3. The van der Waals surface area contributed by atoms with Crippen LogP contribution in [-0.2, 0) is 16.2 Å². The van der Waals surface area contributed by atoms with E-state index in [0.717, 1.165) is 53.5 Å². The van der Waals surface area contributed by atoms with E-state index in [1.54, 1.807) is 23.1 Å². The first-order valence-electron chi connectivity index (χ1n) is 11.5. The molecule has 2 heterocycles. The van der Waals surface area contributed by atoms with Crippen LogP contribution in [0.25, 0.3) is 6.08 Å². The zero-order valence-corrected chi connectivity index (χ0v) is 21.7. The van der Waals surface area contributed by atoms with Crippen molar-refractivity contribution < 1.29 is 19.1 Å². The highest BCUT2D eigenvalue weighted by atomic mass is 35.5. The van der Waals surface area contributed by atoms with Crippen molar-refractivity contribution >= 4 is 58.1 Å². The Kier molecular flexibility index (Phi) is 8.42. The molecule has 2 aromatic carbocycles. The highest BCUT2D eigenvalue weighted by Gasteiger charge is 2.37. The number of ether oxygens (including phenoxy) is 1. The minimum atomic E-state index is -0.491. The SMILES string of the molecule is Cc1cccc(COc2c(Cl)cc(C=C3SC(=O)N(CC(=O)N4CCCCCC4)C3=O)cc2Cl)c1. The summed E-state index contributed by atoms with van der Waals surface area (Å²) in [4.78, 5) is 41.0. The Hall–Kier alpha value is -2.48. The largest absolute Gasteiger partial charge is 0.486 e. The van der Waals surface area contributed by atoms with Crippen molar-refractivity contribution in [1.29, 1.82) is 0 Å². The lowest BCUT2D eigenvalue weighted by atomic mass is 10.1. The summed E-state index contributed by atoms with van der Waals surface area (Å²) in [5, 5.41) is 0.138. The van der Waals surface area contributed by atoms with Crippen LogP contribution in [-0.4, -0.2) is 46.5 Å². The number of imide groups is 1. The van der Waals surface area contributed by atoms with Crippen molar-refractivity contribution in [3.63, 3.8) is 0 Å². The Morgan fingerprint density at radius 3 is 2.40 bits per heavy atom. The summed E-state index contributed by atoms with van der Waals surface area (Å²) < 4.78 is 5.84. The average Bonchev–Trinajstić information content (AvgIpc) is 3.00. The number of nitrogens with zero attached hydrogens (tertiary/aromatic N) is 2. The molecule has 0 aromatic heterocycles. The molecule has 9 heteroatoms. The normalized spacial score (nSPS) is 17.7. The summed E-state index contributed by atoms with van der Waals surface area (Å²) in [5.41, 5.74) is 2.68. The summed E-state index contributed by atoms with van der Waals surface area (Å²) in [6.07, 6.45) is 5.63. The van der Waals surface area contributed by atoms with Gasteiger partial charge in [-0.3, -0.25) is 19.3 Å². The maximum Gasteiger partial charge on any atom is 0.294 e. The molecule has 2 saturated heterocycles. The van der Waals surface area contributed by atoms with Crippen LogP contribution in [0.3, 0.4) is 0 Å². The maximum atomic E-state index is 12.9. The first-order chi connectivity index (χ1) is 16.8. The number of rotatable bonds is 6. The molecule has 0 atom stereocenters. The van der Waals surface area contributed by atoms with E-state index in [9.17, 15) is 14.4 Å². The summed E-state index contributed by atoms with van der Waals surface area (Å²) in [7, 11) is 0. The van der Waals surface area contributed by atoms with Gasteiger partial charge in [-0.1, -0.05) is 65.9 Å². The molecule has 6 nitrogen and oxygen atoms in total. The van der Waals surface area contributed by atoms with Crippen molar-refractivity contribution in [3.05, 3.63) is 68.0 Å². The van der Waals surface area contributed by atoms with Crippen molar-refractivity contribution in [2.45, 2.75) is 39.2 Å². The van der Waals surface area contributed by atoms with Gasteiger partial charge in [-0.15, -0.1) is 0 Å². The quantitative estimate of drug-likeness (QED) is 0.407. The molecule has 0 N–H and O–H groups in total. The third-order valence-electron chi connectivity index (χ3n) is 5.91. The lowest BCUT2D eigenvalue weighted by Gasteiger charge is -2.22. The topological polar surface area (TPSA) is 66.9 Å². The van der Waals surface area contributed by atoms with Gasteiger partial charge in [-0.05, 0) is 60.9 Å². The second-order valence-electron chi connectivity index (χ2n) is 8.65. The van der Waals surface area contributed by atoms with Gasteiger partial charge in [0.15, 0.2) is 5.75 Å². The minimum absolute atomic E-state index is 0.198. The van der Waals surface area contributed by atoms with E-state index in [1.165, 1.54) is 0 Å². The van der Waals surface area contributed by atoms with E-state index in [0.29, 0.717) is 41.1 Å². The van der Waals surface area contributed by atoms with Crippen molar-refractivity contribution in [1.82, 2.24) is 9.80 Å². The molecular formula is C26H26Cl2N2O4S. The maximum absolute atomic E-state index is 12.9. The zero-order chi connectivity index (χ0) is 24.9. The van der Waals surface area contributed by atoms with Crippen LogP contribution in [0.15, 0.2) is 41.3 Å². The smallest absolute Gasteiger partial charge is 0.294 e. The molecule has 4 rings (SSSR count). The highest BCUT2D eigenvalue weighted by Crippen LogP contribution is 2.38. The molecule has 0 unspecified atom stereocenters. The van der Waals surface area contributed by atoms with E-state index in [2.05, 4.69) is 0 Å². The molecule has 35 heavy (non-hydrogen) atoms. The van der Waals surface area contributed by atoms with Crippen LogP contribution < -0.4 is 4.74 Å². The fourth-order valence-electron chi connectivity index (χ4n) is 4.10. The lowest BCUT2D eigenvalue weighted by molar-refractivity contribution is -0.135. The average molecular weight is 533 g/mol. The molecule has 2 aromatic rings. The molecule has 0 spiro atoms. The van der Waals surface area contributed by atoms with Crippen LogP contribution in [0, 0.1) is 6.92 Å². The number of hydrogen-bond acceptors (Lipinski definition) is 5. The third kappa shape index (κ3) is 6.40. The van der Waals surface area contributed by atoms with E-state index >= 15 is 0 Å². The second-order valence-corrected chi connectivity index (χ2v) is 10.5. The first kappa shape index (κ1) is 25.6. The zero-order valence-electron chi connectivity index (χ0n) is 19.4. The number of thioether (sulfide) groups is 1. The molecule has 0 radical (unpaired) electrons. The Morgan fingerprint density at radius 2 is 1.74 bits per heavy atom. The fourth-order valence-corrected chi connectivity index (χ4v) is 5.55. The van der Waals surface area contributed by atoms with Gasteiger partial charge >= 0.3 is 0 Å². The predicted molar refractivity (Wildman–Crippen MR) is 140 cm³/mol. The fraction of sp³-hybridized carbons (Fsp3) is 0.346. The highest BCUT2D eigenvalue weighted by molar-refractivity contribution is 8.18. The summed E-state index contributed by atoms with van der Waals surface area (Å²) in [6.45, 7) is 3.41. The Morgan fingerprint density at radius 1 is 1.06 bits per heavy atom. The molecule has 2 aliphatic heterocycles. The van der Waals surface area contributed by atoms with Gasteiger partial charge in [-0.25, -0.2) is 0 Å². The van der Waals surface area contributed by atoms with Gasteiger partial charge < -0.3 is 9.64 Å². The minimum Gasteiger partial charge on any atom is -0.486 e. The summed E-state index contributed by atoms with van der Waals surface area (Å²) >= 11 is 13.6. The number of aryl methyl sites for hydroxylation is 1. The molecule has 184 valence electrons. The van der Waals surface area contributed by atoms with Crippen molar-refractivity contribution in [2.24, 2.45) is 0 Å². The molecule has 2 fully saturated rings. The van der Waals surface area contributed by atoms with Crippen LogP contribution in [0.4, 0.5) is 4.79 Å². The third-order valence-corrected chi connectivity index (χ3v) is 7.38. The van der Waals surface area contributed by atoms with Gasteiger partial charge in [0, 0.05) is 13.1 Å². The summed E-state index contributed by atoms with van der Waals surface area (Å²) in [5.74, 6) is -0.338. The van der Waals surface area contributed by atoms with Crippen LogP contribution in [0.2, 0.25) is 10.0 Å². The molecule has 0 bridgehead atoms. The van der Waals surface area contributed by atoms with Crippen molar-refractivity contribution in [2.75, 3.05) is 19.6 Å². The van der Waals surface area contributed by atoms with Crippen LogP contribution in [0.5, 0.6) is 5.75 Å². The van der Waals surface area contributed by atoms with E-state index in [4.69, 9.17) is 27.9 Å². The Bertz CT molecular complexity index is 1150. The molecule has 2 aliphatic rings. The Balaban J connectivity index is 1.44. The molecule has 0 aliphatic carbocycles. The monoisotopic (exact) mass is 532 g/mol. The van der Waals surface area contributed by atoms with E-state index in [1.807, 2.05) is 31.2 Å². The van der Waals surface area contributed by atoms with Crippen LogP contribution in [0.1, 0.15) is 42.4 Å². The van der Waals surface area contributed by atoms with E-state index in [-0.39, 0.29) is 17.4 Å². The number of benzene rings is 2. The van der Waals surface area contributed by atoms with Gasteiger partial charge in [-0.2, -0.15) is 0 Å². The number of amides is 3. The molecule has 3 amide bonds. The van der Waals surface area contributed by atoms with Gasteiger partial charge in [0.2, 0.25) is 5.91 Å². The lowest BCUT2D eigenvalue weighted by Crippen LogP contribution is -2.42. The number of likely N-dealkylation sites (tertiary alicyclic amines) is 1. The second kappa shape index (κ2) is 11.5. The standard InChI is InChI=1S/C26H26Cl2N2O4S/c1-17-7-6-8-18(11-17)16-34-24-20(27)12-19(13-21(24)28)14-22-25(32)30(26(33)35-22)15-23(31)29-9-4-2-3-5-10-29/h6-8,11-14H,2-5,9-10,15-16H2,1H3. The molecule has 0 saturated carbocycles. The van der Waals surface area contributed by atoms with Crippen LogP contribution >= 0.6 is 35.0 Å². The van der Waals surface area contributed by atoms with E-state index < -0.39 is 11.1 Å². The predicted octanol–water partition coefficient (Wildman–Crippen LogP) is 6.32. The number of carbonyl (C=O) groups excluding carboxylic acids is 3. The number of halogens is 2. The number of hydrogen-bond donors (Lipinski definition) is 0. The first-order valence-corrected chi connectivity index (χ1v) is 13.1.